The Kier molecular flexibility index (Phi) is 5.06. The number of nitro benzene ring substituents is 1. The van der Waals surface area contributed by atoms with Gasteiger partial charge in [-0.1, -0.05) is 6.07 Å². The minimum absolute atomic E-state index is 0.170. The lowest BCUT2D eigenvalue weighted by molar-refractivity contribution is -0.385. The molecule has 0 saturated carbocycles. The Morgan fingerprint density at radius 1 is 1.40 bits per heavy atom. The molecule has 0 amide bonds. The number of hydrogen-bond acceptors (Lipinski definition) is 4. The van der Waals surface area contributed by atoms with Crippen LogP contribution in [-0.2, 0) is 22.6 Å². The largest absolute Gasteiger partial charge is 0.462 e. The molecule has 5 nitrogen and oxygen atoms in total. The van der Waals surface area contributed by atoms with Crippen molar-refractivity contribution in [3.8, 4) is 0 Å². The van der Waals surface area contributed by atoms with Gasteiger partial charge in [0.15, 0.2) is 0 Å². The van der Waals surface area contributed by atoms with E-state index in [1.54, 1.807) is 0 Å². The van der Waals surface area contributed by atoms with Crippen molar-refractivity contribution in [2.45, 2.75) is 25.9 Å². The minimum atomic E-state index is -3.81. The molecule has 0 radical (unpaired) electrons. The molecule has 0 saturated heterocycles. The van der Waals surface area contributed by atoms with Gasteiger partial charge in [0.25, 0.3) is 5.69 Å². The lowest BCUT2D eigenvalue weighted by Gasteiger charge is -2.16. The number of rotatable bonds is 6. The molecular weight excluding hydrogens is 279 g/mol. The predicted molar refractivity (Wildman–Crippen MR) is 63.2 cm³/mol. The Labute approximate surface area is 112 Å². The van der Waals surface area contributed by atoms with Crippen LogP contribution in [-0.4, -0.2) is 23.4 Å². The minimum Gasteiger partial charge on any atom is -0.462 e. The molecule has 0 fully saturated rings. The van der Waals surface area contributed by atoms with Gasteiger partial charge in [-0.15, -0.1) is 0 Å². The molecule has 1 rings (SSSR count). The topological polar surface area (TPSA) is 69.4 Å². The number of halogens is 3. The van der Waals surface area contributed by atoms with E-state index in [1.165, 1.54) is 6.92 Å². The Morgan fingerprint density at radius 3 is 2.55 bits per heavy atom. The molecule has 0 aromatic heterocycles. The van der Waals surface area contributed by atoms with Gasteiger partial charge in [-0.2, -0.15) is 8.78 Å². The summed E-state index contributed by atoms with van der Waals surface area (Å²) >= 11 is 0. The molecule has 0 N–H and O–H groups in total. The number of benzene rings is 1. The highest BCUT2D eigenvalue weighted by Gasteiger charge is 2.41. The third-order valence-electron chi connectivity index (χ3n) is 2.53. The second-order valence-electron chi connectivity index (χ2n) is 3.95. The number of nitro groups is 1. The molecule has 0 unspecified atom stereocenters. The normalized spacial score (nSPS) is 11.2. The van der Waals surface area contributed by atoms with Gasteiger partial charge >= 0.3 is 11.9 Å². The van der Waals surface area contributed by atoms with Crippen LogP contribution in [0.5, 0.6) is 0 Å². The van der Waals surface area contributed by atoms with Crippen molar-refractivity contribution < 1.29 is 27.6 Å². The van der Waals surface area contributed by atoms with Crippen molar-refractivity contribution in [1.29, 1.82) is 0 Å². The fourth-order valence-electron chi connectivity index (χ4n) is 1.57. The average molecular weight is 291 g/mol. The van der Waals surface area contributed by atoms with Crippen LogP contribution in [0.4, 0.5) is 18.9 Å². The van der Waals surface area contributed by atoms with Crippen LogP contribution in [0.1, 0.15) is 18.1 Å². The number of alkyl halides is 3. The first-order chi connectivity index (χ1) is 9.31. The van der Waals surface area contributed by atoms with Crippen molar-refractivity contribution in [3.63, 3.8) is 0 Å². The van der Waals surface area contributed by atoms with Crippen molar-refractivity contribution >= 4 is 11.7 Å². The highest BCUT2D eigenvalue weighted by molar-refractivity contribution is 5.78. The second kappa shape index (κ2) is 6.36. The fourth-order valence-corrected chi connectivity index (χ4v) is 1.57. The number of ether oxygens (including phenoxy) is 1. The third kappa shape index (κ3) is 3.69. The van der Waals surface area contributed by atoms with Crippen LogP contribution in [0, 0.1) is 10.1 Å². The van der Waals surface area contributed by atoms with Crippen LogP contribution in [0.2, 0.25) is 0 Å². The van der Waals surface area contributed by atoms with Crippen LogP contribution >= 0.6 is 0 Å². The highest BCUT2D eigenvalue weighted by Crippen LogP contribution is 2.27. The van der Waals surface area contributed by atoms with Gasteiger partial charge in [-0.25, -0.2) is 9.18 Å². The zero-order valence-electron chi connectivity index (χ0n) is 10.6. The first kappa shape index (κ1) is 15.9. The first-order valence-electron chi connectivity index (χ1n) is 5.69. The molecule has 0 aliphatic heterocycles. The molecule has 110 valence electrons. The molecule has 0 aliphatic rings. The molecule has 0 bridgehead atoms. The molecule has 1 aromatic carbocycles. The van der Waals surface area contributed by atoms with Crippen molar-refractivity contribution in [1.82, 2.24) is 0 Å². The summed E-state index contributed by atoms with van der Waals surface area (Å²) in [6.45, 7) is 0.0351. The van der Waals surface area contributed by atoms with Gasteiger partial charge in [0.2, 0.25) is 0 Å². The zero-order valence-corrected chi connectivity index (χ0v) is 10.6. The van der Waals surface area contributed by atoms with Crippen LogP contribution in [0.25, 0.3) is 0 Å². The van der Waals surface area contributed by atoms with E-state index in [0.717, 1.165) is 18.2 Å². The molecule has 20 heavy (non-hydrogen) atoms. The average Bonchev–Trinajstić information content (AvgIpc) is 2.38. The maximum atomic E-state index is 13.5. The fraction of sp³-hybridized carbons (Fsp3) is 0.417. The number of nitrogens with zero attached hydrogens (tertiary/aromatic N) is 1. The Bertz CT molecular complexity index is 519. The van der Waals surface area contributed by atoms with Gasteiger partial charge in [-0.3, -0.25) is 10.1 Å². The summed E-state index contributed by atoms with van der Waals surface area (Å²) in [5.74, 6) is -5.51. The van der Waals surface area contributed by atoms with Crippen LogP contribution in [0.3, 0.4) is 0 Å². The van der Waals surface area contributed by atoms with E-state index in [1.807, 2.05) is 0 Å². The number of esters is 1. The van der Waals surface area contributed by atoms with E-state index in [9.17, 15) is 28.1 Å². The highest BCUT2D eigenvalue weighted by atomic mass is 19.3. The summed E-state index contributed by atoms with van der Waals surface area (Å²) in [6.07, 6.45) is -1.07. The number of carbonyl (C=O) groups excluding carboxylic acids is 1. The summed E-state index contributed by atoms with van der Waals surface area (Å²) in [5, 5.41) is 10.5. The predicted octanol–water partition coefficient (Wildman–Crippen LogP) is 2.81. The van der Waals surface area contributed by atoms with E-state index < -0.39 is 35.6 Å². The first-order valence-corrected chi connectivity index (χ1v) is 5.69. The van der Waals surface area contributed by atoms with Crippen molar-refractivity contribution in [3.05, 3.63) is 39.4 Å². The van der Waals surface area contributed by atoms with Gasteiger partial charge in [0, 0.05) is 18.6 Å². The third-order valence-corrected chi connectivity index (χ3v) is 2.53. The van der Waals surface area contributed by atoms with Gasteiger partial charge in [0.05, 0.1) is 11.5 Å². The van der Waals surface area contributed by atoms with Crippen molar-refractivity contribution in [2.75, 3.05) is 6.61 Å². The summed E-state index contributed by atoms with van der Waals surface area (Å²) in [7, 11) is 0. The number of non-ortho nitro benzene ring substituents is 1. The van der Waals surface area contributed by atoms with Crippen molar-refractivity contribution in [2.24, 2.45) is 0 Å². The summed E-state index contributed by atoms with van der Waals surface area (Å²) in [6, 6.07) is 2.87. The smallest absolute Gasteiger partial charge is 0.377 e. The van der Waals surface area contributed by atoms with Gasteiger partial charge in [-0.05, 0) is 18.1 Å². The SMILES string of the molecule is CCOC(=O)C(F)(F)Cc1ccc([N+](=O)[O-])cc1CF. The van der Waals surface area contributed by atoms with E-state index >= 15 is 0 Å². The molecule has 0 aliphatic carbocycles. The Balaban J connectivity index is 3.02. The lowest BCUT2D eigenvalue weighted by Crippen LogP contribution is -2.33. The summed E-state index contributed by atoms with van der Waals surface area (Å²) in [4.78, 5) is 20.8. The van der Waals surface area contributed by atoms with Gasteiger partial charge in [0.1, 0.15) is 6.67 Å². The van der Waals surface area contributed by atoms with E-state index in [-0.39, 0.29) is 17.7 Å². The molecule has 1 aromatic rings. The Hall–Kier alpha value is -2.12. The summed E-state index contributed by atoms with van der Waals surface area (Å²) < 4.78 is 44.1. The molecule has 0 atom stereocenters. The Morgan fingerprint density at radius 2 is 2.05 bits per heavy atom. The van der Waals surface area contributed by atoms with Crippen LogP contribution in [0.15, 0.2) is 18.2 Å². The maximum absolute atomic E-state index is 13.5. The van der Waals surface area contributed by atoms with E-state index in [4.69, 9.17) is 0 Å². The summed E-state index contributed by atoms with van der Waals surface area (Å²) in [5.41, 5.74) is -0.819. The van der Waals surface area contributed by atoms with E-state index in [0.29, 0.717) is 0 Å². The van der Waals surface area contributed by atoms with E-state index in [2.05, 4.69) is 4.74 Å². The quantitative estimate of drug-likeness (QED) is 0.459. The molecule has 8 heteroatoms. The standard InChI is InChI=1S/C12H12F3NO4/c1-2-20-11(17)12(14,15)6-8-3-4-10(16(18)19)5-9(8)7-13/h3-5H,2,6-7H2,1H3. The maximum Gasteiger partial charge on any atom is 0.377 e. The number of carbonyl (C=O) groups is 1. The molecular formula is C12H12F3NO4. The number of hydrogen-bond donors (Lipinski definition) is 0. The van der Waals surface area contributed by atoms with Crippen LogP contribution < -0.4 is 0 Å². The molecule has 0 spiro atoms. The van der Waals surface area contributed by atoms with Gasteiger partial charge < -0.3 is 4.74 Å². The lowest BCUT2D eigenvalue weighted by atomic mass is 10.0. The monoisotopic (exact) mass is 291 g/mol. The molecule has 0 heterocycles. The second-order valence-corrected chi connectivity index (χ2v) is 3.95. The zero-order chi connectivity index (χ0) is 15.3.